The lowest BCUT2D eigenvalue weighted by Crippen LogP contribution is -2.37. The summed E-state index contributed by atoms with van der Waals surface area (Å²) in [5.74, 6) is -0.309. The standard InChI is InChI=1S/C7H12N2O3/c8-2-6(11)4-9-3-5(10)1-7(9)12/h6,11H,1-4,8H2. The lowest BCUT2D eigenvalue weighted by atomic mass is 10.3. The molecule has 3 N–H and O–H groups in total. The van der Waals surface area contributed by atoms with Gasteiger partial charge in [0.2, 0.25) is 5.91 Å². The molecule has 1 rings (SSSR count). The maximum absolute atomic E-state index is 11.0. The van der Waals surface area contributed by atoms with E-state index in [0.29, 0.717) is 0 Å². The van der Waals surface area contributed by atoms with E-state index in [0.717, 1.165) is 0 Å². The van der Waals surface area contributed by atoms with Gasteiger partial charge in [0.05, 0.1) is 19.1 Å². The summed E-state index contributed by atoms with van der Waals surface area (Å²) in [4.78, 5) is 23.1. The fourth-order valence-electron chi connectivity index (χ4n) is 1.13. The minimum atomic E-state index is -0.722. The number of likely N-dealkylation sites (tertiary alicyclic amines) is 1. The molecule has 1 unspecified atom stereocenters. The molecule has 12 heavy (non-hydrogen) atoms. The molecule has 1 atom stereocenters. The lowest BCUT2D eigenvalue weighted by Gasteiger charge is -2.17. The van der Waals surface area contributed by atoms with Crippen LogP contribution in [0.5, 0.6) is 0 Å². The molecule has 1 aliphatic rings. The summed E-state index contributed by atoms with van der Waals surface area (Å²) >= 11 is 0. The van der Waals surface area contributed by atoms with Gasteiger partial charge in [0, 0.05) is 13.1 Å². The average Bonchev–Trinajstić information content (AvgIpc) is 2.30. The molecule has 1 heterocycles. The number of nitrogens with zero attached hydrogens (tertiary/aromatic N) is 1. The molecule has 0 saturated carbocycles. The number of hydrogen-bond acceptors (Lipinski definition) is 4. The molecule has 0 aromatic carbocycles. The van der Waals surface area contributed by atoms with Crippen molar-refractivity contribution in [2.75, 3.05) is 19.6 Å². The van der Waals surface area contributed by atoms with Gasteiger partial charge in [-0.05, 0) is 0 Å². The smallest absolute Gasteiger partial charge is 0.230 e. The topological polar surface area (TPSA) is 83.6 Å². The van der Waals surface area contributed by atoms with Crippen LogP contribution in [0, 0.1) is 0 Å². The Labute approximate surface area is 70.1 Å². The van der Waals surface area contributed by atoms with E-state index in [2.05, 4.69) is 0 Å². The number of nitrogens with two attached hydrogens (primary N) is 1. The normalized spacial score (nSPS) is 20.3. The van der Waals surface area contributed by atoms with Crippen LogP contribution in [0.4, 0.5) is 0 Å². The summed E-state index contributed by atoms with van der Waals surface area (Å²) in [6, 6.07) is 0. The SMILES string of the molecule is NCC(O)CN1CC(=O)CC1=O. The number of hydrogen-bond donors (Lipinski definition) is 2. The van der Waals surface area contributed by atoms with Crippen molar-refractivity contribution in [3.05, 3.63) is 0 Å². The summed E-state index contributed by atoms with van der Waals surface area (Å²) in [6.07, 6.45) is -0.753. The van der Waals surface area contributed by atoms with E-state index >= 15 is 0 Å². The summed E-state index contributed by atoms with van der Waals surface area (Å²) in [5, 5.41) is 9.09. The van der Waals surface area contributed by atoms with Crippen LogP contribution in [0.25, 0.3) is 0 Å². The highest BCUT2D eigenvalue weighted by Crippen LogP contribution is 2.06. The Morgan fingerprint density at radius 3 is 2.67 bits per heavy atom. The molecule has 1 saturated heterocycles. The third-order valence-electron chi connectivity index (χ3n) is 1.77. The number of rotatable bonds is 3. The van der Waals surface area contributed by atoms with Crippen LogP contribution in [0.3, 0.4) is 0 Å². The van der Waals surface area contributed by atoms with Crippen LogP contribution >= 0.6 is 0 Å². The monoisotopic (exact) mass is 172 g/mol. The van der Waals surface area contributed by atoms with Gasteiger partial charge in [-0.2, -0.15) is 0 Å². The number of amides is 1. The van der Waals surface area contributed by atoms with E-state index in [-0.39, 0.29) is 37.7 Å². The largest absolute Gasteiger partial charge is 0.390 e. The van der Waals surface area contributed by atoms with Gasteiger partial charge in [-0.1, -0.05) is 0 Å². The second kappa shape index (κ2) is 3.64. The van der Waals surface area contributed by atoms with Crippen molar-refractivity contribution in [2.45, 2.75) is 12.5 Å². The van der Waals surface area contributed by atoms with Crippen LogP contribution < -0.4 is 5.73 Å². The average molecular weight is 172 g/mol. The van der Waals surface area contributed by atoms with Crippen molar-refractivity contribution in [1.29, 1.82) is 0 Å². The highest BCUT2D eigenvalue weighted by Gasteiger charge is 2.28. The zero-order valence-corrected chi connectivity index (χ0v) is 6.69. The van der Waals surface area contributed by atoms with E-state index in [4.69, 9.17) is 10.8 Å². The van der Waals surface area contributed by atoms with Crippen LogP contribution in [0.1, 0.15) is 6.42 Å². The number of Topliss-reactive ketones (excluding diaryl/α,β-unsaturated/α-hetero) is 1. The van der Waals surface area contributed by atoms with Crippen LogP contribution in [0.2, 0.25) is 0 Å². The third-order valence-corrected chi connectivity index (χ3v) is 1.77. The first kappa shape index (κ1) is 9.15. The Morgan fingerprint density at radius 1 is 1.58 bits per heavy atom. The van der Waals surface area contributed by atoms with E-state index in [1.807, 2.05) is 0 Å². The molecule has 1 amide bonds. The van der Waals surface area contributed by atoms with Gasteiger partial charge in [0.15, 0.2) is 5.78 Å². The first-order chi connectivity index (χ1) is 5.63. The molecule has 5 nitrogen and oxygen atoms in total. The second-order valence-corrected chi connectivity index (χ2v) is 2.88. The first-order valence-electron chi connectivity index (χ1n) is 3.81. The number of carbonyl (C=O) groups is 2. The molecule has 1 fully saturated rings. The fourth-order valence-corrected chi connectivity index (χ4v) is 1.13. The lowest BCUT2D eigenvalue weighted by molar-refractivity contribution is -0.128. The summed E-state index contributed by atoms with van der Waals surface area (Å²) in [7, 11) is 0. The van der Waals surface area contributed by atoms with Crippen molar-refractivity contribution >= 4 is 11.7 Å². The molecule has 5 heteroatoms. The summed E-state index contributed by atoms with van der Waals surface area (Å²) in [5.41, 5.74) is 5.16. The molecule has 0 aromatic rings. The molecule has 0 bridgehead atoms. The van der Waals surface area contributed by atoms with E-state index in [1.54, 1.807) is 0 Å². The quantitative estimate of drug-likeness (QED) is 0.487. The van der Waals surface area contributed by atoms with Crippen molar-refractivity contribution in [2.24, 2.45) is 5.73 Å². The Kier molecular flexibility index (Phi) is 2.78. The van der Waals surface area contributed by atoms with Crippen molar-refractivity contribution in [3.63, 3.8) is 0 Å². The number of β-amino-alcohol motifs (C(OH)–C–C–N with tert-alkyl or cyclic N) is 1. The van der Waals surface area contributed by atoms with Crippen molar-refractivity contribution < 1.29 is 14.7 Å². The first-order valence-corrected chi connectivity index (χ1v) is 3.81. The molecule has 0 spiro atoms. The van der Waals surface area contributed by atoms with Gasteiger partial charge in [-0.25, -0.2) is 0 Å². The molecule has 68 valence electrons. The molecule has 0 radical (unpaired) electrons. The molecular weight excluding hydrogens is 160 g/mol. The highest BCUT2D eigenvalue weighted by atomic mass is 16.3. The van der Waals surface area contributed by atoms with Gasteiger partial charge in [-0.15, -0.1) is 0 Å². The van der Waals surface area contributed by atoms with Gasteiger partial charge >= 0.3 is 0 Å². The van der Waals surface area contributed by atoms with E-state index < -0.39 is 6.10 Å². The number of aliphatic hydroxyl groups excluding tert-OH is 1. The molecule has 1 aliphatic heterocycles. The zero-order valence-electron chi connectivity index (χ0n) is 6.69. The summed E-state index contributed by atoms with van der Waals surface area (Å²) < 4.78 is 0. The van der Waals surface area contributed by atoms with E-state index in [1.165, 1.54) is 4.90 Å². The summed E-state index contributed by atoms with van der Waals surface area (Å²) in [6.45, 7) is 0.398. The minimum absolute atomic E-state index is 0.0305. The number of carbonyl (C=O) groups excluding carboxylic acids is 2. The van der Waals surface area contributed by atoms with Crippen LogP contribution in [0.15, 0.2) is 0 Å². The Bertz CT molecular complexity index is 205. The van der Waals surface area contributed by atoms with Crippen molar-refractivity contribution in [3.8, 4) is 0 Å². The van der Waals surface area contributed by atoms with Gasteiger partial charge < -0.3 is 15.7 Å². The molecule has 0 aromatic heterocycles. The highest BCUT2D eigenvalue weighted by molar-refractivity contribution is 6.05. The van der Waals surface area contributed by atoms with Crippen LogP contribution in [-0.4, -0.2) is 47.4 Å². The Hall–Kier alpha value is -0.940. The third kappa shape index (κ3) is 2.02. The van der Waals surface area contributed by atoms with Gasteiger partial charge in [-0.3, -0.25) is 9.59 Å². The molecule has 0 aliphatic carbocycles. The number of aliphatic hydroxyl groups is 1. The second-order valence-electron chi connectivity index (χ2n) is 2.88. The van der Waals surface area contributed by atoms with Crippen molar-refractivity contribution in [1.82, 2.24) is 4.90 Å². The maximum atomic E-state index is 11.0. The zero-order chi connectivity index (χ0) is 9.14. The van der Waals surface area contributed by atoms with Gasteiger partial charge in [0.1, 0.15) is 0 Å². The maximum Gasteiger partial charge on any atom is 0.230 e. The van der Waals surface area contributed by atoms with E-state index in [9.17, 15) is 9.59 Å². The number of ketones is 1. The predicted octanol–water partition coefficient (Wildman–Crippen LogP) is -1.89. The van der Waals surface area contributed by atoms with Crippen LogP contribution in [-0.2, 0) is 9.59 Å². The predicted molar refractivity (Wildman–Crippen MR) is 41.3 cm³/mol. The minimum Gasteiger partial charge on any atom is -0.390 e. The Morgan fingerprint density at radius 2 is 2.25 bits per heavy atom. The van der Waals surface area contributed by atoms with Gasteiger partial charge in [0.25, 0.3) is 0 Å². The fraction of sp³-hybridized carbons (Fsp3) is 0.714. The molecular formula is C7H12N2O3. The Balaban J connectivity index is 2.43.